The molecule has 17 heavy (non-hydrogen) atoms. The third-order valence-electron chi connectivity index (χ3n) is 2.34. The van der Waals surface area contributed by atoms with Crippen LogP contribution in [0.5, 0.6) is 0 Å². The van der Waals surface area contributed by atoms with E-state index in [1.54, 1.807) is 0 Å². The van der Waals surface area contributed by atoms with E-state index in [4.69, 9.17) is 23.2 Å². The van der Waals surface area contributed by atoms with Gasteiger partial charge in [0, 0.05) is 0 Å². The van der Waals surface area contributed by atoms with E-state index >= 15 is 0 Å². The number of hydrogen-bond acceptors (Lipinski definition) is 3. The molecule has 0 spiro atoms. The molecule has 0 aliphatic rings. The van der Waals surface area contributed by atoms with Gasteiger partial charge in [0.05, 0.1) is 6.20 Å². The highest BCUT2D eigenvalue weighted by Gasteiger charge is 2.16. The highest BCUT2D eigenvalue weighted by Crippen LogP contribution is 2.26. The Morgan fingerprint density at radius 2 is 2.06 bits per heavy atom. The molecule has 2 rings (SSSR count). The molecule has 0 bridgehead atoms. The number of hydrogen-bond donors (Lipinski definition) is 1. The number of benzene rings is 1. The summed E-state index contributed by atoms with van der Waals surface area (Å²) in [6.45, 7) is 1.95. The Bertz CT molecular complexity index is 546. The molecule has 2 aromatic rings. The molecule has 0 amide bonds. The molecule has 1 unspecified atom stereocenters. The zero-order valence-corrected chi connectivity index (χ0v) is 10.6. The summed E-state index contributed by atoms with van der Waals surface area (Å²) in [4.78, 5) is 7.86. The van der Waals surface area contributed by atoms with E-state index in [2.05, 4.69) is 9.97 Å². The van der Waals surface area contributed by atoms with Crippen LogP contribution in [-0.2, 0) is 0 Å². The minimum atomic E-state index is -0.896. The van der Waals surface area contributed by atoms with Gasteiger partial charge in [-0.1, -0.05) is 53.0 Å². The number of aryl methyl sites for hydroxylation is 1. The van der Waals surface area contributed by atoms with Gasteiger partial charge in [-0.25, -0.2) is 4.98 Å². The molecule has 1 atom stereocenters. The Morgan fingerprint density at radius 1 is 1.29 bits per heavy atom. The van der Waals surface area contributed by atoms with Crippen molar-refractivity contribution in [3.05, 3.63) is 57.6 Å². The van der Waals surface area contributed by atoms with Crippen LogP contribution in [0.1, 0.15) is 22.9 Å². The van der Waals surface area contributed by atoms with Crippen molar-refractivity contribution in [1.82, 2.24) is 9.97 Å². The van der Waals surface area contributed by atoms with Gasteiger partial charge in [-0.2, -0.15) is 0 Å². The highest BCUT2D eigenvalue weighted by molar-refractivity contribution is 6.32. The normalized spacial score (nSPS) is 12.5. The fourth-order valence-electron chi connectivity index (χ4n) is 1.54. The summed E-state index contributed by atoms with van der Waals surface area (Å²) in [7, 11) is 0. The lowest BCUT2D eigenvalue weighted by molar-refractivity contribution is 0.215. The molecule has 1 aromatic heterocycles. The summed E-state index contributed by atoms with van der Waals surface area (Å²) >= 11 is 11.5. The number of aromatic nitrogens is 2. The van der Waals surface area contributed by atoms with Crippen LogP contribution in [0.2, 0.25) is 10.3 Å². The van der Waals surface area contributed by atoms with E-state index < -0.39 is 6.10 Å². The Balaban J connectivity index is 2.40. The van der Waals surface area contributed by atoms with Crippen LogP contribution >= 0.6 is 23.2 Å². The predicted molar refractivity (Wildman–Crippen MR) is 67.3 cm³/mol. The smallest absolute Gasteiger partial charge is 0.155 e. The van der Waals surface area contributed by atoms with Crippen LogP contribution in [-0.4, -0.2) is 15.1 Å². The third kappa shape index (κ3) is 2.75. The molecule has 5 heteroatoms. The molecule has 3 nitrogen and oxygen atoms in total. The summed E-state index contributed by atoms with van der Waals surface area (Å²) < 4.78 is 0. The molecule has 0 fully saturated rings. The lowest BCUT2D eigenvalue weighted by Gasteiger charge is -2.12. The van der Waals surface area contributed by atoms with Crippen molar-refractivity contribution < 1.29 is 5.11 Å². The Hall–Kier alpha value is -1.16. The largest absolute Gasteiger partial charge is 0.382 e. The first-order valence-corrected chi connectivity index (χ1v) is 5.76. The lowest BCUT2D eigenvalue weighted by atomic mass is 10.0. The van der Waals surface area contributed by atoms with E-state index in [1.807, 2.05) is 31.2 Å². The van der Waals surface area contributed by atoms with Crippen molar-refractivity contribution in [2.24, 2.45) is 0 Å². The van der Waals surface area contributed by atoms with Crippen LogP contribution in [0, 0.1) is 6.92 Å². The molecule has 0 radical (unpaired) electrons. The van der Waals surface area contributed by atoms with Crippen LogP contribution in [0.25, 0.3) is 0 Å². The standard InChI is InChI=1S/C12H10Cl2N2O/c1-7-3-2-4-8(5-7)11(17)10-12(14)16-9(13)6-15-10/h2-6,11,17H,1H3. The molecule has 0 aliphatic heterocycles. The van der Waals surface area contributed by atoms with E-state index in [9.17, 15) is 5.11 Å². The molecular weight excluding hydrogens is 259 g/mol. The molecule has 1 N–H and O–H groups in total. The molecule has 0 saturated carbocycles. The fourth-order valence-corrected chi connectivity index (χ4v) is 1.96. The quantitative estimate of drug-likeness (QED) is 0.910. The number of aliphatic hydroxyl groups excluding tert-OH is 1. The van der Waals surface area contributed by atoms with Crippen molar-refractivity contribution in [1.29, 1.82) is 0 Å². The zero-order chi connectivity index (χ0) is 12.4. The predicted octanol–water partition coefficient (Wildman–Crippen LogP) is 3.17. The van der Waals surface area contributed by atoms with Gasteiger partial charge in [0.2, 0.25) is 0 Å². The Kier molecular flexibility index (Phi) is 3.62. The average Bonchev–Trinajstić information content (AvgIpc) is 2.28. The van der Waals surface area contributed by atoms with E-state index in [1.165, 1.54) is 6.20 Å². The maximum absolute atomic E-state index is 10.2. The monoisotopic (exact) mass is 268 g/mol. The molecule has 0 saturated heterocycles. The topological polar surface area (TPSA) is 46.0 Å². The SMILES string of the molecule is Cc1cccc(C(O)c2ncc(Cl)nc2Cl)c1. The van der Waals surface area contributed by atoms with E-state index in [0.29, 0.717) is 5.69 Å². The molecule has 0 aliphatic carbocycles. The minimum Gasteiger partial charge on any atom is -0.382 e. The van der Waals surface area contributed by atoms with Crippen molar-refractivity contribution in [3.8, 4) is 0 Å². The van der Waals surface area contributed by atoms with Gasteiger partial charge in [0.25, 0.3) is 0 Å². The van der Waals surface area contributed by atoms with Gasteiger partial charge in [-0.05, 0) is 12.5 Å². The minimum absolute atomic E-state index is 0.117. The molecular formula is C12H10Cl2N2O. The molecule has 1 aromatic carbocycles. The van der Waals surface area contributed by atoms with Crippen LogP contribution in [0.3, 0.4) is 0 Å². The van der Waals surface area contributed by atoms with Crippen LogP contribution in [0.4, 0.5) is 0 Å². The van der Waals surface area contributed by atoms with Crippen molar-refractivity contribution in [2.45, 2.75) is 13.0 Å². The lowest BCUT2D eigenvalue weighted by Crippen LogP contribution is -2.04. The van der Waals surface area contributed by atoms with Gasteiger partial charge in [0.15, 0.2) is 5.15 Å². The molecule has 88 valence electrons. The first-order valence-electron chi connectivity index (χ1n) is 5.00. The second-order valence-electron chi connectivity index (χ2n) is 3.69. The summed E-state index contributed by atoms with van der Waals surface area (Å²) in [5.41, 5.74) is 2.09. The second kappa shape index (κ2) is 5.00. The Morgan fingerprint density at radius 3 is 2.71 bits per heavy atom. The third-order valence-corrected chi connectivity index (χ3v) is 2.80. The van der Waals surface area contributed by atoms with E-state index in [0.717, 1.165) is 11.1 Å². The summed E-state index contributed by atoms with van der Waals surface area (Å²) in [5, 5.41) is 10.5. The number of rotatable bonds is 2. The van der Waals surface area contributed by atoms with Gasteiger partial charge < -0.3 is 5.11 Å². The number of nitrogens with zero attached hydrogens (tertiary/aromatic N) is 2. The zero-order valence-electron chi connectivity index (χ0n) is 9.06. The summed E-state index contributed by atoms with van der Waals surface area (Å²) in [6.07, 6.45) is 0.467. The van der Waals surface area contributed by atoms with Crippen molar-refractivity contribution in [3.63, 3.8) is 0 Å². The average molecular weight is 269 g/mol. The van der Waals surface area contributed by atoms with Gasteiger partial charge in [0.1, 0.15) is 17.0 Å². The second-order valence-corrected chi connectivity index (χ2v) is 4.43. The summed E-state index contributed by atoms with van der Waals surface area (Å²) in [6, 6.07) is 7.50. The van der Waals surface area contributed by atoms with Crippen LogP contribution < -0.4 is 0 Å². The maximum Gasteiger partial charge on any atom is 0.155 e. The highest BCUT2D eigenvalue weighted by atomic mass is 35.5. The van der Waals surface area contributed by atoms with Crippen LogP contribution in [0.15, 0.2) is 30.5 Å². The first kappa shape index (κ1) is 12.3. The number of aliphatic hydroxyl groups is 1. The van der Waals surface area contributed by atoms with Crippen molar-refractivity contribution in [2.75, 3.05) is 0 Å². The first-order chi connectivity index (χ1) is 8.08. The summed E-state index contributed by atoms with van der Waals surface area (Å²) in [5.74, 6) is 0. The van der Waals surface area contributed by atoms with Gasteiger partial charge in [-0.15, -0.1) is 0 Å². The van der Waals surface area contributed by atoms with E-state index in [-0.39, 0.29) is 10.3 Å². The fraction of sp³-hybridized carbons (Fsp3) is 0.167. The van der Waals surface area contributed by atoms with Crippen molar-refractivity contribution >= 4 is 23.2 Å². The van der Waals surface area contributed by atoms with Gasteiger partial charge >= 0.3 is 0 Å². The van der Waals surface area contributed by atoms with Gasteiger partial charge in [-0.3, -0.25) is 4.98 Å². The Labute approximate surface area is 109 Å². The maximum atomic E-state index is 10.2. The molecule has 1 heterocycles. The number of halogens is 2.